The Balaban J connectivity index is 1.88. The lowest BCUT2D eigenvalue weighted by molar-refractivity contribution is -0.122. The summed E-state index contributed by atoms with van der Waals surface area (Å²) in [6.45, 7) is 2.06. The zero-order valence-electron chi connectivity index (χ0n) is 13.0. The Bertz CT molecular complexity index is 735. The maximum Gasteiger partial charge on any atom is 0.236 e. The number of carbonyl (C=O) groups is 1. The quantitative estimate of drug-likeness (QED) is 0.903. The number of hydrogen-bond donors (Lipinski definition) is 1. The molecule has 1 aliphatic heterocycles. The lowest BCUT2D eigenvalue weighted by Crippen LogP contribution is -2.46. The van der Waals surface area contributed by atoms with Crippen LogP contribution in [0.4, 0.5) is 4.39 Å². The minimum absolute atomic E-state index is 0.00476. The van der Waals surface area contributed by atoms with E-state index in [1.165, 1.54) is 16.4 Å². The van der Waals surface area contributed by atoms with Crippen molar-refractivity contribution in [2.75, 3.05) is 6.54 Å². The van der Waals surface area contributed by atoms with Crippen LogP contribution in [0, 0.1) is 24.6 Å². The van der Waals surface area contributed by atoms with E-state index in [0.29, 0.717) is 6.54 Å². The van der Waals surface area contributed by atoms with Crippen molar-refractivity contribution in [1.29, 1.82) is 0 Å². The van der Waals surface area contributed by atoms with E-state index in [9.17, 15) is 17.6 Å². The zero-order chi connectivity index (χ0) is 16.8. The molecule has 1 aromatic carbocycles. The number of nitrogens with zero attached hydrogens (tertiary/aromatic N) is 1. The Morgan fingerprint density at radius 1 is 1.39 bits per heavy atom. The van der Waals surface area contributed by atoms with E-state index in [0.717, 1.165) is 24.8 Å². The van der Waals surface area contributed by atoms with Crippen molar-refractivity contribution in [1.82, 2.24) is 4.31 Å². The summed E-state index contributed by atoms with van der Waals surface area (Å²) < 4.78 is 40.7. The summed E-state index contributed by atoms with van der Waals surface area (Å²) in [5.74, 6) is -1.39. The van der Waals surface area contributed by atoms with E-state index < -0.39 is 33.5 Å². The predicted molar refractivity (Wildman–Crippen MR) is 84.3 cm³/mol. The molecule has 3 rings (SSSR count). The third-order valence-corrected chi connectivity index (χ3v) is 6.81. The lowest BCUT2D eigenvalue weighted by atomic mass is 9.94. The Labute approximate surface area is 135 Å². The SMILES string of the molecule is Cc1ccc(CS(=O)(=O)N2CC3CCCC3C2C(N)=O)c(F)c1. The van der Waals surface area contributed by atoms with Crippen molar-refractivity contribution < 1.29 is 17.6 Å². The molecule has 1 amide bonds. The van der Waals surface area contributed by atoms with Gasteiger partial charge in [0.05, 0.1) is 5.75 Å². The first-order valence-corrected chi connectivity index (χ1v) is 9.44. The molecule has 1 heterocycles. The van der Waals surface area contributed by atoms with Crippen molar-refractivity contribution in [2.45, 2.75) is 38.0 Å². The van der Waals surface area contributed by atoms with Gasteiger partial charge in [-0.3, -0.25) is 4.79 Å². The Morgan fingerprint density at radius 3 is 2.78 bits per heavy atom. The molecule has 3 atom stereocenters. The second-order valence-corrected chi connectivity index (χ2v) is 8.54. The summed E-state index contributed by atoms with van der Waals surface area (Å²) in [6, 6.07) is 3.69. The molecule has 1 saturated carbocycles. The van der Waals surface area contributed by atoms with Gasteiger partial charge in [0.25, 0.3) is 0 Å². The smallest absolute Gasteiger partial charge is 0.236 e. The number of hydrogen-bond acceptors (Lipinski definition) is 3. The fourth-order valence-corrected chi connectivity index (χ4v) is 5.77. The molecule has 3 unspecified atom stereocenters. The first-order valence-electron chi connectivity index (χ1n) is 7.83. The highest BCUT2D eigenvalue weighted by Crippen LogP contribution is 2.43. The second kappa shape index (κ2) is 5.87. The number of aryl methyl sites for hydroxylation is 1. The predicted octanol–water partition coefficient (Wildman–Crippen LogP) is 1.55. The lowest BCUT2D eigenvalue weighted by Gasteiger charge is -2.24. The minimum Gasteiger partial charge on any atom is -0.368 e. The van der Waals surface area contributed by atoms with E-state index in [1.54, 1.807) is 13.0 Å². The normalized spacial score (nSPS) is 28.0. The van der Waals surface area contributed by atoms with E-state index in [2.05, 4.69) is 0 Å². The minimum atomic E-state index is -3.79. The first kappa shape index (κ1) is 16.4. The highest BCUT2D eigenvalue weighted by atomic mass is 32.2. The second-order valence-electron chi connectivity index (χ2n) is 6.62. The fraction of sp³-hybridized carbons (Fsp3) is 0.562. The number of amides is 1. The van der Waals surface area contributed by atoms with Crippen LogP contribution in [0.5, 0.6) is 0 Å². The highest BCUT2D eigenvalue weighted by molar-refractivity contribution is 7.88. The van der Waals surface area contributed by atoms with Crippen LogP contribution in [-0.4, -0.2) is 31.2 Å². The first-order chi connectivity index (χ1) is 10.8. The number of primary amides is 1. The molecular weight excluding hydrogens is 319 g/mol. The van der Waals surface area contributed by atoms with Crippen LogP contribution < -0.4 is 5.73 Å². The number of halogens is 1. The fourth-order valence-electron chi connectivity index (χ4n) is 3.95. The molecular formula is C16H21FN2O3S. The molecule has 0 radical (unpaired) electrons. The summed E-state index contributed by atoms with van der Waals surface area (Å²) in [4.78, 5) is 11.8. The third-order valence-electron chi connectivity index (χ3n) is 5.04. The van der Waals surface area contributed by atoms with Crippen LogP contribution in [0.15, 0.2) is 18.2 Å². The van der Waals surface area contributed by atoms with Gasteiger partial charge in [-0.1, -0.05) is 18.6 Å². The van der Waals surface area contributed by atoms with Gasteiger partial charge >= 0.3 is 0 Å². The summed E-state index contributed by atoms with van der Waals surface area (Å²) in [6.07, 6.45) is 2.74. The maximum atomic E-state index is 14.0. The van der Waals surface area contributed by atoms with Gasteiger partial charge in [-0.15, -0.1) is 0 Å². The van der Waals surface area contributed by atoms with Gasteiger partial charge in [-0.05, 0) is 43.2 Å². The van der Waals surface area contributed by atoms with E-state index in [4.69, 9.17) is 5.73 Å². The van der Waals surface area contributed by atoms with Gasteiger partial charge in [-0.25, -0.2) is 12.8 Å². The Hall–Kier alpha value is -1.47. The maximum absolute atomic E-state index is 14.0. The molecule has 2 fully saturated rings. The molecule has 1 aromatic rings. The summed E-state index contributed by atoms with van der Waals surface area (Å²) in [5, 5.41) is 0. The summed E-state index contributed by atoms with van der Waals surface area (Å²) in [7, 11) is -3.79. The van der Waals surface area contributed by atoms with E-state index in [1.807, 2.05) is 0 Å². The largest absolute Gasteiger partial charge is 0.368 e. The summed E-state index contributed by atoms with van der Waals surface area (Å²) >= 11 is 0. The zero-order valence-corrected chi connectivity index (χ0v) is 13.9. The average molecular weight is 340 g/mol. The number of sulfonamides is 1. The van der Waals surface area contributed by atoms with E-state index in [-0.39, 0.29) is 17.4 Å². The van der Waals surface area contributed by atoms with Gasteiger partial charge in [0, 0.05) is 12.1 Å². The van der Waals surface area contributed by atoms with Gasteiger partial charge < -0.3 is 5.73 Å². The third kappa shape index (κ3) is 2.99. The number of fused-ring (bicyclic) bond motifs is 1. The molecule has 1 saturated heterocycles. The molecule has 23 heavy (non-hydrogen) atoms. The van der Waals surface area contributed by atoms with Gasteiger partial charge in [0.1, 0.15) is 11.9 Å². The molecule has 126 valence electrons. The molecule has 1 aliphatic carbocycles. The van der Waals surface area contributed by atoms with Crippen molar-refractivity contribution in [2.24, 2.45) is 17.6 Å². The molecule has 0 bridgehead atoms. The van der Waals surface area contributed by atoms with Crippen molar-refractivity contribution >= 4 is 15.9 Å². The average Bonchev–Trinajstić information content (AvgIpc) is 3.01. The van der Waals surface area contributed by atoms with Crippen LogP contribution in [0.1, 0.15) is 30.4 Å². The number of carbonyl (C=O) groups excluding carboxylic acids is 1. The topological polar surface area (TPSA) is 80.5 Å². The van der Waals surface area contributed by atoms with Crippen molar-refractivity contribution in [3.8, 4) is 0 Å². The molecule has 0 spiro atoms. The molecule has 2 N–H and O–H groups in total. The Morgan fingerprint density at radius 2 is 2.13 bits per heavy atom. The van der Waals surface area contributed by atoms with E-state index >= 15 is 0 Å². The van der Waals surface area contributed by atoms with Crippen LogP contribution in [-0.2, 0) is 20.6 Å². The molecule has 7 heteroatoms. The van der Waals surface area contributed by atoms with Crippen molar-refractivity contribution in [3.05, 3.63) is 35.1 Å². The Kier molecular flexibility index (Phi) is 4.18. The molecule has 5 nitrogen and oxygen atoms in total. The number of nitrogens with two attached hydrogens (primary N) is 1. The summed E-state index contributed by atoms with van der Waals surface area (Å²) in [5.41, 5.74) is 6.32. The standard InChI is InChI=1S/C16H21FN2O3S/c1-10-5-6-12(14(17)7-10)9-23(21,22)19-8-11-3-2-4-13(11)15(19)16(18)20/h5-7,11,13,15H,2-4,8-9H2,1H3,(H2,18,20). The van der Waals surface area contributed by atoms with Crippen LogP contribution in [0.3, 0.4) is 0 Å². The highest BCUT2D eigenvalue weighted by Gasteiger charge is 2.51. The monoisotopic (exact) mass is 340 g/mol. The van der Waals surface area contributed by atoms with Crippen LogP contribution in [0.2, 0.25) is 0 Å². The van der Waals surface area contributed by atoms with Gasteiger partial charge in [0.2, 0.25) is 15.9 Å². The van der Waals surface area contributed by atoms with Gasteiger partial charge in [0.15, 0.2) is 0 Å². The molecule has 2 aliphatic rings. The van der Waals surface area contributed by atoms with Crippen LogP contribution in [0.25, 0.3) is 0 Å². The number of rotatable bonds is 4. The van der Waals surface area contributed by atoms with Crippen molar-refractivity contribution in [3.63, 3.8) is 0 Å². The van der Waals surface area contributed by atoms with Crippen LogP contribution >= 0.6 is 0 Å². The molecule has 0 aromatic heterocycles. The van der Waals surface area contributed by atoms with Gasteiger partial charge in [-0.2, -0.15) is 4.31 Å². The number of benzene rings is 1.